The van der Waals surface area contributed by atoms with Crippen LogP contribution in [-0.2, 0) is 16.0 Å². The second-order valence-electron chi connectivity index (χ2n) is 5.58. The van der Waals surface area contributed by atoms with Gasteiger partial charge in [-0.05, 0) is 35.9 Å². The quantitative estimate of drug-likeness (QED) is 0.584. The van der Waals surface area contributed by atoms with Crippen molar-refractivity contribution in [2.45, 2.75) is 6.42 Å². The van der Waals surface area contributed by atoms with Crippen LogP contribution in [0.5, 0.6) is 0 Å². The van der Waals surface area contributed by atoms with Gasteiger partial charge in [-0.25, -0.2) is 0 Å². The lowest BCUT2D eigenvalue weighted by Crippen LogP contribution is -2.14. The van der Waals surface area contributed by atoms with E-state index in [1.165, 1.54) is 0 Å². The number of carbonyl (C=O) groups excluding carboxylic acids is 1. The van der Waals surface area contributed by atoms with Gasteiger partial charge in [0.25, 0.3) is 0 Å². The average molecular weight is 323 g/mol. The van der Waals surface area contributed by atoms with E-state index in [9.17, 15) is 4.79 Å². The van der Waals surface area contributed by atoms with E-state index < -0.39 is 0 Å². The number of hydrogen-bond donors (Lipinski definition) is 3. The Morgan fingerprint density at radius 2 is 1.83 bits per heavy atom. The predicted octanol–water partition coefficient (Wildman–Crippen LogP) is 3.41. The summed E-state index contributed by atoms with van der Waals surface area (Å²) in [5.74, 6) is -0.0279. The minimum atomic E-state index is -0.0279. The second-order valence-corrected chi connectivity index (χ2v) is 5.58. The zero-order valence-corrected chi connectivity index (χ0v) is 13.6. The van der Waals surface area contributed by atoms with E-state index in [1.54, 1.807) is 7.11 Å². The van der Waals surface area contributed by atoms with Crippen molar-refractivity contribution in [2.24, 2.45) is 0 Å². The summed E-state index contributed by atoms with van der Waals surface area (Å²) < 4.78 is 5.00. The molecule has 2 aromatic carbocycles. The maximum atomic E-state index is 12.3. The van der Waals surface area contributed by atoms with Crippen LogP contribution in [0.3, 0.4) is 0 Å². The van der Waals surface area contributed by atoms with Crippen molar-refractivity contribution in [1.82, 2.24) is 4.98 Å². The lowest BCUT2D eigenvalue weighted by atomic mass is 10.1. The number of anilines is 2. The first kappa shape index (κ1) is 16.1. The first-order valence-electron chi connectivity index (χ1n) is 7.94. The molecule has 5 nitrogen and oxygen atoms in total. The number of nitrogens with one attached hydrogen (secondary N) is 3. The SMILES string of the molecule is COCCNc1ccc(NC(=O)Cc2c[nH]c3ccccc23)cc1. The van der Waals surface area contributed by atoms with E-state index in [4.69, 9.17) is 4.74 Å². The van der Waals surface area contributed by atoms with Crippen molar-refractivity contribution in [3.63, 3.8) is 0 Å². The number of methoxy groups -OCH3 is 1. The van der Waals surface area contributed by atoms with Gasteiger partial charge in [0.1, 0.15) is 0 Å². The molecule has 0 radical (unpaired) electrons. The van der Waals surface area contributed by atoms with Crippen LogP contribution in [0.15, 0.2) is 54.7 Å². The van der Waals surface area contributed by atoms with Crippen LogP contribution in [-0.4, -0.2) is 31.2 Å². The summed E-state index contributed by atoms with van der Waals surface area (Å²) in [6.45, 7) is 1.41. The van der Waals surface area contributed by atoms with Gasteiger partial charge in [-0.15, -0.1) is 0 Å². The topological polar surface area (TPSA) is 66.2 Å². The third kappa shape index (κ3) is 3.94. The molecule has 0 atom stereocenters. The largest absolute Gasteiger partial charge is 0.383 e. The van der Waals surface area contributed by atoms with Crippen molar-refractivity contribution >= 4 is 28.2 Å². The lowest BCUT2D eigenvalue weighted by Gasteiger charge is -2.08. The number of aromatic nitrogens is 1. The normalized spacial score (nSPS) is 10.7. The molecule has 1 amide bonds. The fraction of sp³-hybridized carbons (Fsp3) is 0.211. The smallest absolute Gasteiger partial charge is 0.228 e. The summed E-state index contributed by atoms with van der Waals surface area (Å²) >= 11 is 0. The third-order valence-corrected chi connectivity index (χ3v) is 3.83. The van der Waals surface area contributed by atoms with E-state index >= 15 is 0 Å². The number of aromatic amines is 1. The lowest BCUT2D eigenvalue weighted by molar-refractivity contribution is -0.115. The highest BCUT2D eigenvalue weighted by molar-refractivity contribution is 5.95. The molecule has 0 spiro atoms. The monoisotopic (exact) mass is 323 g/mol. The van der Waals surface area contributed by atoms with Crippen molar-refractivity contribution in [3.05, 3.63) is 60.3 Å². The van der Waals surface area contributed by atoms with Gasteiger partial charge in [0, 0.05) is 42.1 Å². The van der Waals surface area contributed by atoms with Crippen LogP contribution in [0.2, 0.25) is 0 Å². The zero-order chi connectivity index (χ0) is 16.8. The Balaban J connectivity index is 1.58. The molecule has 1 aromatic heterocycles. The molecule has 24 heavy (non-hydrogen) atoms. The van der Waals surface area contributed by atoms with Crippen molar-refractivity contribution in [3.8, 4) is 0 Å². The van der Waals surface area contributed by atoms with Crippen LogP contribution in [0.1, 0.15) is 5.56 Å². The molecule has 5 heteroatoms. The third-order valence-electron chi connectivity index (χ3n) is 3.83. The fourth-order valence-corrected chi connectivity index (χ4v) is 2.62. The van der Waals surface area contributed by atoms with Crippen LogP contribution < -0.4 is 10.6 Å². The van der Waals surface area contributed by atoms with Gasteiger partial charge >= 0.3 is 0 Å². The summed E-state index contributed by atoms with van der Waals surface area (Å²) in [5, 5.41) is 7.26. The number of carbonyl (C=O) groups is 1. The van der Waals surface area contributed by atoms with Gasteiger partial charge in [0.15, 0.2) is 0 Å². The van der Waals surface area contributed by atoms with Gasteiger partial charge in [0.05, 0.1) is 13.0 Å². The first-order valence-corrected chi connectivity index (χ1v) is 7.94. The molecule has 0 saturated heterocycles. The second kappa shape index (κ2) is 7.66. The Bertz CT molecular complexity index is 809. The van der Waals surface area contributed by atoms with Crippen molar-refractivity contribution in [2.75, 3.05) is 30.9 Å². The molecular formula is C19H21N3O2. The summed E-state index contributed by atoms with van der Waals surface area (Å²) in [7, 11) is 1.67. The highest BCUT2D eigenvalue weighted by Gasteiger charge is 2.08. The number of amides is 1. The molecule has 124 valence electrons. The number of H-pyrrole nitrogens is 1. The summed E-state index contributed by atoms with van der Waals surface area (Å²) in [5.41, 5.74) is 3.84. The van der Waals surface area contributed by atoms with Crippen LogP contribution in [0, 0.1) is 0 Å². The van der Waals surface area contributed by atoms with E-state index in [2.05, 4.69) is 15.6 Å². The molecule has 0 saturated carbocycles. The minimum Gasteiger partial charge on any atom is -0.383 e. The van der Waals surface area contributed by atoms with Crippen LogP contribution in [0.25, 0.3) is 10.9 Å². The molecule has 0 fully saturated rings. The molecule has 1 heterocycles. The number of fused-ring (bicyclic) bond motifs is 1. The highest BCUT2D eigenvalue weighted by atomic mass is 16.5. The molecule has 0 aliphatic carbocycles. The Labute approximate surface area is 141 Å². The van der Waals surface area contributed by atoms with Gasteiger partial charge < -0.3 is 20.4 Å². The maximum absolute atomic E-state index is 12.3. The molecular weight excluding hydrogens is 302 g/mol. The van der Waals surface area contributed by atoms with E-state index in [0.717, 1.165) is 34.4 Å². The van der Waals surface area contributed by atoms with Crippen LogP contribution >= 0.6 is 0 Å². The summed E-state index contributed by atoms with van der Waals surface area (Å²) in [4.78, 5) is 15.5. The van der Waals surface area contributed by atoms with E-state index in [1.807, 2.05) is 54.7 Å². The molecule has 0 unspecified atom stereocenters. The maximum Gasteiger partial charge on any atom is 0.228 e. The van der Waals surface area contributed by atoms with E-state index in [0.29, 0.717) is 13.0 Å². The number of hydrogen-bond acceptors (Lipinski definition) is 3. The Kier molecular flexibility index (Phi) is 5.13. The minimum absolute atomic E-state index is 0.0279. The van der Waals surface area contributed by atoms with Crippen LogP contribution in [0.4, 0.5) is 11.4 Å². The standard InChI is InChI=1S/C19H21N3O2/c1-24-11-10-20-15-6-8-16(9-7-15)22-19(23)12-14-13-21-18-5-3-2-4-17(14)18/h2-9,13,20-21H,10-12H2,1H3,(H,22,23). The van der Waals surface area contributed by atoms with E-state index in [-0.39, 0.29) is 5.91 Å². The van der Waals surface area contributed by atoms with Gasteiger partial charge in [-0.3, -0.25) is 4.79 Å². The summed E-state index contributed by atoms with van der Waals surface area (Å²) in [6.07, 6.45) is 2.24. The average Bonchev–Trinajstić information content (AvgIpc) is 3.00. The number of para-hydroxylation sites is 1. The van der Waals surface area contributed by atoms with Gasteiger partial charge in [-0.1, -0.05) is 18.2 Å². The van der Waals surface area contributed by atoms with Gasteiger partial charge in [-0.2, -0.15) is 0 Å². The molecule has 0 aliphatic heterocycles. The molecule has 3 N–H and O–H groups in total. The first-order chi connectivity index (χ1) is 11.8. The Hall–Kier alpha value is -2.79. The zero-order valence-electron chi connectivity index (χ0n) is 13.6. The Morgan fingerprint density at radius 3 is 2.62 bits per heavy atom. The Morgan fingerprint density at radius 1 is 1.08 bits per heavy atom. The van der Waals surface area contributed by atoms with Gasteiger partial charge in [0.2, 0.25) is 5.91 Å². The molecule has 3 aromatic rings. The molecule has 0 bridgehead atoms. The number of benzene rings is 2. The number of ether oxygens (including phenoxy) is 1. The molecule has 0 aliphatic rings. The molecule has 3 rings (SSSR count). The fourth-order valence-electron chi connectivity index (χ4n) is 2.62. The predicted molar refractivity (Wildman–Crippen MR) is 97.4 cm³/mol. The van der Waals surface area contributed by atoms with Crippen molar-refractivity contribution in [1.29, 1.82) is 0 Å². The summed E-state index contributed by atoms with van der Waals surface area (Å²) in [6, 6.07) is 15.7. The highest BCUT2D eigenvalue weighted by Crippen LogP contribution is 2.19. The number of rotatable bonds is 7. The van der Waals surface area contributed by atoms with Crippen molar-refractivity contribution < 1.29 is 9.53 Å².